The fourth-order valence-corrected chi connectivity index (χ4v) is 2.87. The molecule has 0 bridgehead atoms. The monoisotopic (exact) mass is 265 g/mol. The first-order chi connectivity index (χ1) is 7.28. The zero-order chi connectivity index (χ0) is 10.3. The SMILES string of the molecule is Brc1cccc(C2(CN3CCC3)CC2)c1. The van der Waals surface area contributed by atoms with Gasteiger partial charge in [0.05, 0.1) is 0 Å². The highest BCUT2D eigenvalue weighted by Crippen LogP contribution is 2.49. The average Bonchev–Trinajstić information content (AvgIpc) is 2.93. The third-order valence-corrected chi connectivity index (χ3v) is 4.26. The van der Waals surface area contributed by atoms with E-state index in [2.05, 4.69) is 45.1 Å². The van der Waals surface area contributed by atoms with Gasteiger partial charge < -0.3 is 4.90 Å². The molecule has 0 spiro atoms. The molecule has 0 amide bonds. The van der Waals surface area contributed by atoms with Crippen molar-refractivity contribution in [3.63, 3.8) is 0 Å². The summed E-state index contributed by atoms with van der Waals surface area (Å²) in [5.41, 5.74) is 2.04. The van der Waals surface area contributed by atoms with Crippen molar-refractivity contribution < 1.29 is 0 Å². The molecule has 1 heterocycles. The van der Waals surface area contributed by atoms with Gasteiger partial charge in [0.1, 0.15) is 0 Å². The van der Waals surface area contributed by atoms with E-state index < -0.39 is 0 Å². The minimum Gasteiger partial charge on any atom is -0.302 e. The number of hydrogen-bond acceptors (Lipinski definition) is 1. The highest BCUT2D eigenvalue weighted by molar-refractivity contribution is 9.10. The summed E-state index contributed by atoms with van der Waals surface area (Å²) < 4.78 is 1.22. The van der Waals surface area contributed by atoms with Crippen molar-refractivity contribution in [2.24, 2.45) is 0 Å². The lowest BCUT2D eigenvalue weighted by Crippen LogP contribution is -2.42. The number of likely N-dealkylation sites (tertiary alicyclic amines) is 1. The molecule has 1 aliphatic carbocycles. The molecule has 3 rings (SSSR count). The van der Waals surface area contributed by atoms with E-state index >= 15 is 0 Å². The van der Waals surface area contributed by atoms with E-state index in [9.17, 15) is 0 Å². The van der Waals surface area contributed by atoms with E-state index in [1.807, 2.05) is 0 Å². The maximum absolute atomic E-state index is 3.57. The number of halogens is 1. The Labute approximate surface area is 99.6 Å². The third-order valence-electron chi connectivity index (χ3n) is 3.77. The Balaban J connectivity index is 1.79. The van der Waals surface area contributed by atoms with Crippen LogP contribution in [0.4, 0.5) is 0 Å². The second kappa shape index (κ2) is 3.60. The van der Waals surface area contributed by atoms with Crippen molar-refractivity contribution in [3.05, 3.63) is 34.3 Å². The highest BCUT2D eigenvalue weighted by Gasteiger charge is 2.45. The lowest BCUT2D eigenvalue weighted by Gasteiger charge is -2.34. The number of rotatable bonds is 3. The molecule has 0 atom stereocenters. The van der Waals surface area contributed by atoms with Crippen LogP contribution >= 0.6 is 15.9 Å². The standard InChI is InChI=1S/C13H16BrN/c14-12-4-1-3-11(9-12)13(5-6-13)10-15-7-2-8-15/h1,3-4,9H,2,5-8,10H2. The lowest BCUT2D eigenvalue weighted by molar-refractivity contribution is 0.164. The van der Waals surface area contributed by atoms with Gasteiger partial charge in [0.25, 0.3) is 0 Å². The summed E-state index contributed by atoms with van der Waals surface area (Å²) in [5, 5.41) is 0. The fourth-order valence-electron chi connectivity index (χ4n) is 2.48. The zero-order valence-corrected chi connectivity index (χ0v) is 10.5. The topological polar surface area (TPSA) is 3.24 Å². The summed E-state index contributed by atoms with van der Waals surface area (Å²) in [5.74, 6) is 0. The quantitative estimate of drug-likeness (QED) is 0.812. The molecule has 1 aliphatic heterocycles. The van der Waals surface area contributed by atoms with Crippen LogP contribution < -0.4 is 0 Å². The van der Waals surface area contributed by atoms with Gasteiger partial charge in [-0.25, -0.2) is 0 Å². The van der Waals surface area contributed by atoms with Crippen LogP contribution in [0.15, 0.2) is 28.7 Å². The molecule has 15 heavy (non-hydrogen) atoms. The van der Waals surface area contributed by atoms with Crippen LogP contribution in [0.1, 0.15) is 24.8 Å². The molecule has 2 aliphatic rings. The molecule has 2 fully saturated rings. The second-order valence-electron chi connectivity index (χ2n) is 4.92. The summed E-state index contributed by atoms with van der Waals surface area (Å²) in [6.07, 6.45) is 4.15. The van der Waals surface area contributed by atoms with E-state index in [4.69, 9.17) is 0 Å². The first-order valence-corrected chi connectivity index (χ1v) is 6.56. The molecular formula is C13H16BrN. The second-order valence-corrected chi connectivity index (χ2v) is 5.84. The Kier molecular flexibility index (Phi) is 2.37. The highest BCUT2D eigenvalue weighted by atomic mass is 79.9. The Morgan fingerprint density at radius 1 is 1.27 bits per heavy atom. The van der Waals surface area contributed by atoms with E-state index in [0.717, 1.165) is 0 Å². The zero-order valence-electron chi connectivity index (χ0n) is 8.88. The van der Waals surface area contributed by atoms with Gasteiger partial charge in [0, 0.05) is 16.4 Å². The summed E-state index contributed by atoms with van der Waals surface area (Å²) in [6.45, 7) is 3.91. The van der Waals surface area contributed by atoms with Crippen LogP contribution in [-0.4, -0.2) is 24.5 Å². The molecule has 1 aromatic carbocycles. The van der Waals surface area contributed by atoms with Crippen molar-refractivity contribution in [2.75, 3.05) is 19.6 Å². The van der Waals surface area contributed by atoms with Crippen LogP contribution in [-0.2, 0) is 5.41 Å². The van der Waals surface area contributed by atoms with Crippen LogP contribution in [0.2, 0.25) is 0 Å². The number of nitrogens with zero attached hydrogens (tertiary/aromatic N) is 1. The minimum absolute atomic E-state index is 0.504. The summed E-state index contributed by atoms with van der Waals surface area (Å²) in [4.78, 5) is 2.59. The van der Waals surface area contributed by atoms with Crippen LogP contribution in [0.25, 0.3) is 0 Å². The number of hydrogen-bond donors (Lipinski definition) is 0. The van der Waals surface area contributed by atoms with Gasteiger partial charge in [0.2, 0.25) is 0 Å². The molecule has 0 radical (unpaired) electrons. The molecule has 1 aromatic rings. The van der Waals surface area contributed by atoms with Crippen LogP contribution in [0.5, 0.6) is 0 Å². The molecule has 1 saturated heterocycles. The fraction of sp³-hybridized carbons (Fsp3) is 0.538. The van der Waals surface area contributed by atoms with Crippen molar-refractivity contribution in [1.29, 1.82) is 0 Å². The van der Waals surface area contributed by atoms with E-state index in [-0.39, 0.29) is 0 Å². The molecule has 2 heteroatoms. The van der Waals surface area contributed by atoms with Gasteiger partial charge in [-0.15, -0.1) is 0 Å². The van der Waals surface area contributed by atoms with Crippen molar-refractivity contribution in [2.45, 2.75) is 24.7 Å². The van der Waals surface area contributed by atoms with Crippen molar-refractivity contribution in [3.8, 4) is 0 Å². The third kappa shape index (κ3) is 1.85. The van der Waals surface area contributed by atoms with Crippen LogP contribution in [0.3, 0.4) is 0 Å². The van der Waals surface area contributed by atoms with Gasteiger partial charge >= 0.3 is 0 Å². The van der Waals surface area contributed by atoms with E-state index in [1.54, 1.807) is 0 Å². The Hall–Kier alpha value is -0.340. The van der Waals surface area contributed by atoms with Crippen LogP contribution in [0, 0.1) is 0 Å². The normalized spacial score (nSPS) is 23.5. The lowest BCUT2D eigenvalue weighted by atomic mass is 9.94. The van der Waals surface area contributed by atoms with Crippen molar-refractivity contribution in [1.82, 2.24) is 4.90 Å². The molecule has 80 valence electrons. The Morgan fingerprint density at radius 2 is 2.07 bits per heavy atom. The minimum atomic E-state index is 0.504. The summed E-state index contributed by atoms with van der Waals surface area (Å²) >= 11 is 3.57. The Bertz CT molecular complexity index is 367. The maximum atomic E-state index is 3.57. The van der Waals surface area contributed by atoms with E-state index in [1.165, 1.54) is 48.9 Å². The van der Waals surface area contributed by atoms with Gasteiger partial charge in [-0.1, -0.05) is 28.1 Å². The molecule has 0 aromatic heterocycles. The molecule has 0 N–H and O–H groups in total. The first kappa shape index (κ1) is 9.86. The Morgan fingerprint density at radius 3 is 2.60 bits per heavy atom. The average molecular weight is 266 g/mol. The van der Waals surface area contributed by atoms with E-state index in [0.29, 0.717) is 5.41 Å². The number of benzene rings is 1. The first-order valence-electron chi connectivity index (χ1n) is 5.77. The van der Waals surface area contributed by atoms with Gasteiger partial charge in [-0.05, 0) is 50.0 Å². The van der Waals surface area contributed by atoms with Gasteiger partial charge in [0.15, 0.2) is 0 Å². The molecule has 0 unspecified atom stereocenters. The van der Waals surface area contributed by atoms with Gasteiger partial charge in [-0.3, -0.25) is 0 Å². The predicted octanol–water partition coefficient (Wildman–Crippen LogP) is 3.19. The smallest absolute Gasteiger partial charge is 0.0178 e. The molecule has 1 saturated carbocycles. The summed E-state index contributed by atoms with van der Waals surface area (Å²) in [7, 11) is 0. The van der Waals surface area contributed by atoms with Gasteiger partial charge in [-0.2, -0.15) is 0 Å². The predicted molar refractivity (Wildman–Crippen MR) is 66.1 cm³/mol. The summed E-state index contributed by atoms with van der Waals surface area (Å²) in [6, 6.07) is 8.86. The van der Waals surface area contributed by atoms with Crippen molar-refractivity contribution >= 4 is 15.9 Å². The maximum Gasteiger partial charge on any atom is 0.0178 e. The largest absolute Gasteiger partial charge is 0.302 e. The molecule has 1 nitrogen and oxygen atoms in total. The molecular weight excluding hydrogens is 250 g/mol.